The number of hydrogen-bond acceptors (Lipinski definition) is 3. The third kappa shape index (κ3) is 3.36. The lowest BCUT2D eigenvalue weighted by Crippen LogP contribution is -2.30. The molecule has 0 aliphatic rings. The van der Waals surface area contributed by atoms with E-state index < -0.39 is 17.8 Å². The van der Waals surface area contributed by atoms with Crippen LogP contribution in [0.15, 0.2) is 71.1 Å². The first kappa shape index (κ1) is 16.0. The molecule has 1 aromatic heterocycles. The van der Waals surface area contributed by atoms with E-state index in [1.54, 1.807) is 24.3 Å². The third-order valence-corrected chi connectivity index (χ3v) is 3.66. The summed E-state index contributed by atoms with van der Waals surface area (Å²) >= 11 is 0. The van der Waals surface area contributed by atoms with Gasteiger partial charge >= 0.3 is 0 Å². The summed E-state index contributed by atoms with van der Waals surface area (Å²) in [5, 5.41) is 12.2. The first-order valence-corrected chi connectivity index (χ1v) is 7.50. The maximum absolute atomic E-state index is 13.8. The Morgan fingerprint density at radius 3 is 2.46 bits per heavy atom. The van der Waals surface area contributed by atoms with E-state index in [2.05, 4.69) is 5.32 Å². The summed E-state index contributed by atoms with van der Waals surface area (Å²) in [6.45, 7) is -0.239. The Labute approximate surface area is 138 Å². The van der Waals surface area contributed by atoms with E-state index in [1.807, 2.05) is 30.3 Å². The smallest absolute Gasteiger partial charge is 0.287 e. The molecule has 4 nitrogen and oxygen atoms in total. The first-order chi connectivity index (χ1) is 11.7. The van der Waals surface area contributed by atoms with Crippen LogP contribution in [-0.2, 0) is 0 Å². The van der Waals surface area contributed by atoms with Crippen LogP contribution in [0.2, 0.25) is 0 Å². The molecule has 1 unspecified atom stereocenters. The van der Waals surface area contributed by atoms with Gasteiger partial charge in [-0.1, -0.05) is 42.5 Å². The van der Waals surface area contributed by atoms with E-state index >= 15 is 0 Å². The number of hydrogen-bond donors (Lipinski definition) is 2. The summed E-state index contributed by atoms with van der Waals surface area (Å²) in [5.41, 5.74) is 1.08. The Morgan fingerprint density at radius 2 is 1.75 bits per heavy atom. The van der Waals surface area contributed by atoms with Crippen LogP contribution in [0.1, 0.15) is 22.2 Å². The van der Waals surface area contributed by atoms with Gasteiger partial charge in [0.25, 0.3) is 5.91 Å². The average molecular weight is 325 g/mol. The van der Waals surface area contributed by atoms with Gasteiger partial charge in [0.05, 0.1) is 18.2 Å². The van der Waals surface area contributed by atoms with E-state index in [1.165, 1.54) is 12.1 Å². The lowest BCUT2D eigenvalue weighted by molar-refractivity contribution is 0.0889. The zero-order chi connectivity index (χ0) is 16.9. The highest BCUT2D eigenvalue weighted by atomic mass is 19.1. The average Bonchev–Trinajstić information content (AvgIpc) is 3.10. The fourth-order valence-corrected chi connectivity index (χ4v) is 2.41. The van der Waals surface area contributed by atoms with E-state index in [0.717, 1.165) is 5.56 Å². The van der Waals surface area contributed by atoms with Gasteiger partial charge in [-0.25, -0.2) is 4.39 Å². The molecule has 2 aromatic carbocycles. The van der Waals surface area contributed by atoms with Crippen molar-refractivity contribution in [2.75, 3.05) is 6.61 Å². The number of nitrogens with one attached hydrogen (secondary N) is 1. The van der Waals surface area contributed by atoms with Crippen LogP contribution >= 0.6 is 0 Å². The van der Waals surface area contributed by atoms with Crippen molar-refractivity contribution < 1.29 is 18.7 Å². The molecule has 5 heteroatoms. The number of benzene rings is 2. The third-order valence-electron chi connectivity index (χ3n) is 3.66. The number of amides is 1. The maximum Gasteiger partial charge on any atom is 0.287 e. The van der Waals surface area contributed by atoms with Gasteiger partial charge in [-0.15, -0.1) is 0 Å². The molecule has 0 fully saturated rings. The number of rotatable bonds is 5. The van der Waals surface area contributed by atoms with E-state index in [9.17, 15) is 14.3 Å². The molecule has 0 saturated carbocycles. The maximum atomic E-state index is 13.8. The number of halogens is 1. The number of furan rings is 1. The zero-order valence-corrected chi connectivity index (χ0v) is 12.8. The molecule has 0 saturated heterocycles. The second-order valence-corrected chi connectivity index (χ2v) is 5.26. The molecular weight excluding hydrogens is 309 g/mol. The van der Waals surface area contributed by atoms with Crippen LogP contribution in [-0.4, -0.2) is 17.6 Å². The molecule has 1 amide bonds. The van der Waals surface area contributed by atoms with Crippen LogP contribution < -0.4 is 5.32 Å². The Hall–Kier alpha value is -2.92. The van der Waals surface area contributed by atoms with Crippen LogP contribution in [0.3, 0.4) is 0 Å². The summed E-state index contributed by atoms with van der Waals surface area (Å²) in [6.07, 6.45) is 0. The molecule has 1 heterocycles. The molecule has 0 aliphatic heterocycles. The van der Waals surface area contributed by atoms with Crippen LogP contribution in [0.4, 0.5) is 4.39 Å². The van der Waals surface area contributed by atoms with Crippen LogP contribution in [0, 0.1) is 5.82 Å². The molecule has 24 heavy (non-hydrogen) atoms. The summed E-state index contributed by atoms with van der Waals surface area (Å²) in [7, 11) is 0. The van der Waals surface area contributed by atoms with E-state index in [0.29, 0.717) is 5.56 Å². The minimum Gasteiger partial charge on any atom is -0.451 e. The second kappa shape index (κ2) is 7.10. The number of carbonyl (C=O) groups excluding carboxylic acids is 1. The van der Waals surface area contributed by atoms with E-state index in [-0.39, 0.29) is 18.1 Å². The van der Waals surface area contributed by atoms with Crippen molar-refractivity contribution in [2.24, 2.45) is 0 Å². The van der Waals surface area contributed by atoms with Gasteiger partial charge in [0.15, 0.2) is 5.76 Å². The normalized spacial score (nSPS) is 11.9. The van der Waals surface area contributed by atoms with Crippen molar-refractivity contribution in [3.8, 4) is 11.3 Å². The van der Waals surface area contributed by atoms with Crippen molar-refractivity contribution in [2.45, 2.75) is 6.04 Å². The largest absolute Gasteiger partial charge is 0.451 e. The fourth-order valence-electron chi connectivity index (χ4n) is 2.41. The quantitative estimate of drug-likeness (QED) is 0.754. The van der Waals surface area contributed by atoms with Crippen molar-refractivity contribution in [3.05, 3.63) is 83.9 Å². The Morgan fingerprint density at radius 1 is 1.04 bits per heavy atom. The van der Waals surface area contributed by atoms with E-state index in [4.69, 9.17) is 4.42 Å². The predicted molar refractivity (Wildman–Crippen MR) is 87.8 cm³/mol. The Kier molecular flexibility index (Phi) is 4.72. The minimum absolute atomic E-state index is 0.0580. The SMILES string of the molecule is O=C(NC(CO)c1ccccc1)c1ccc(-c2ccccc2F)o1. The molecule has 0 bridgehead atoms. The highest BCUT2D eigenvalue weighted by Crippen LogP contribution is 2.25. The summed E-state index contributed by atoms with van der Waals surface area (Å²) in [4.78, 5) is 12.3. The lowest BCUT2D eigenvalue weighted by atomic mass is 10.1. The van der Waals surface area contributed by atoms with Gasteiger partial charge in [-0.3, -0.25) is 4.79 Å². The predicted octanol–water partition coefficient (Wildman–Crippen LogP) is 3.55. The number of aliphatic hydroxyl groups excluding tert-OH is 1. The molecule has 0 aliphatic carbocycles. The molecule has 0 radical (unpaired) electrons. The first-order valence-electron chi connectivity index (χ1n) is 7.50. The number of aliphatic hydroxyl groups is 1. The fraction of sp³-hybridized carbons (Fsp3) is 0.105. The summed E-state index contributed by atoms with van der Waals surface area (Å²) in [6, 6.07) is 17.8. The zero-order valence-electron chi connectivity index (χ0n) is 12.8. The van der Waals surface area contributed by atoms with Gasteiger partial charge in [-0.2, -0.15) is 0 Å². The van der Waals surface area contributed by atoms with Gasteiger partial charge < -0.3 is 14.8 Å². The molecule has 0 spiro atoms. The molecule has 2 N–H and O–H groups in total. The van der Waals surface area contributed by atoms with Crippen LogP contribution in [0.25, 0.3) is 11.3 Å². The topological polar surface area (TPSA) is 62.5 Å². The monoisotopic (exact) mass is 325 g/mol. The Bertz CT molecular complexity index is 829. The minimum atomic E-state index is -0.541. The van der Waals surface area contributed by atoms with Gasteiger partial charge in [0.1, 0.15) is 11.6 Å². The molecular formula is C19H16FNO3. The van der Waals surface area contributed by atoms with Crippen molar-refractivity contribution >= 4 is 5.91 Å². The molecule has 3 rings (SSSR count). The Balaban J connectivity index is 1.78. The number of carbonyl (C=O) groups is 1. The highest BCUT2D eigenvalue weighted by molar-refractivity contribution is 5.92. The van der Waals surface area contributed by atoms with Crippen molar-refractivity contribution in [3.63, 3.8) is 0 Å². The summed E-state index contributed by atoms with van der Waals surface area (Å²) < 4.78 is 19.2. The molecule has 122 valence electrons. The highest BCUT2D eigenvalue weighted by Gasteiger charge is 2.18. The standard InChI is InChI=1S/C19H16FNO3/c20-15-9-5-4-8-14(15)17-10-11-18(24-17)19(23)21-16(12-22)13-6-2-1-3-7-13/h1-11,16,22H,12H2,(H,21,23). The van der Waals surface area contributed by atoms with Crippen LogP contribution in [0.5, 0.6) is 0 Å². The van der Waals surface area contributed by atoms with Gasteiger partial charge in [0, 0.05) is 0 Å². The summed E-state index contributed by atoms with van der Waals surface area (Å²) in [5.74, 6) is -0.557. The molecule has 3 aromatic rings. The molecule has 1 atom stereocenters. The lowest BCUT2D eigenvalue weighted by Gasteiger charge is -2.15. The van der Waals surface area contributed by atoms with Gasteiger partial charge in [0.2, 0.25) is 0 Å². The second-order valence-electron chi connectivity index (χ2n) is 5.26. The van der Waals surface area contributed by atoms with Crippen molar-refractivity contribution in [1.29, 1.82) is 0 Å². The van der Waals surface area contributed by atoms with Gasteiger partial charge in [-0.05, 0) is 29.8 Å². The van der Waals surface area contributed by atoms with Crippen molar-refractivity contribution in [1.82, 2.24) is 5.32 Å².